The standard InChI is InChI=1S/C21H26N2O6/c1-5-23(11-14-6-7-16-17(8-14)29-13-28-16)12-20(24)22-15-9-18(25-2)21(27-4)19(10-15)26-3/h6-10H,5,11-13H2,1-4H3,(H,22,24). The van der Waals surface area contributed by atoms with Crippen LogP contribution in [-0.2, 0) is 11.3 Å². The lowest BCUT2D eigenvalue weighted by Gasteiger charge is -2.20. The molecule has 1 heterocycles. The van der Waals surface area contributed by atoms with Gasteiger partial charge in [0.15, 0.2) is 23.0 Å². The Morgan fingerprint density at radius 3 is 2.34 bits per heavy atom. The lowest BCUT2D eigenvalue weighted by atomic mass is 10.2. The van der Waals surface area contributed by atoms with Crippen molar-refractivity contribution in [3.63, 3.8) is 0 Å². The van der Waals surface area contributed by atoms with Gasteiger partial charge in [0.2, 0.25) is 18.4 Å². The highest BCUT2D eigenvalue weighted by atomic mass is 16.7. The third-order valence-corrected chi connectivity index (χ3v) is 4.61. The zero-order chi connectivity index (χ0) is 20.8. The van der Waals surface area contributed by atoms with Crippen molar-refractivity contribution in [2.45, 2.75) is 13.5 Å². The molecule has 0 aromatic heterocycles. The number of nitrogens with zero attached hydrogens (tertiary/aromatic N) is 1. The van der Waals surface area contributed by atoms with Gasteiger partial charge in [0.1, 0.15) is 0 Å². The normalized spacial score (nSPS) is 12.0. The first-order valence-electron chi connectivity index (χ1n) is 9.28. The summed E-state index contributed by atoms with van der Waals surface area (Å²) in [6, 6.07) is 9.22. The van der Waals surface area contributed by atoms with Gasteiger partial charge >= 0.3 is 0 Å². The van der Waals surface area contributed by atoms with Gasteiger partial charge in [-0.3, -0.25) is 9.69 Å². The van der Waals surface area contributed by atoms with Crippen LogP contribution >= 0.6 is 0 Å². The van der Waals surface area contributed by atoms with Crippen molar-refractivity contribution in [2.75, 3.05) is 46.5 Å². The van der Waals surface area contributed by atoms with Crippen LogP contribution in [0.3, 0.4) is 0 Å². The maximum Gasteiger partial charge on any atom is 0.238 e. The van der Waals surface area contributed by atoms with Crippen molar-refractivity contribution >= 4 is 11.6 Å². The predicted molar refractivity (Wildman–Crippen MR) is 108 cm³/mol. The first-order valence-corrected chi connectivity index (χ1v) is 9.28. The van der Waals surface area contributed by atoms with E-state index < -0.39 is 0 Å². The summed E-state index contributed by atoms with van der Waals surface area (Å²) in [6.07, 6.45) is 0. The fraction of sp³-hybridized carbons (Fsp3) is 0.381. The summed E-state index contributed by atoms with van der Waals surface area (Å²) in [5.74, 6) is 2.79. The summed E-state index contributed by atoms with van der Waals surface area (Å²) >= 11 is 0. The van der Waals surface area contributed by atoms with Gasteiger partial charge in [0, 0.05) is 24.4 Å². The molecule has 2 aromatic carbocycles. The van der Waals surface area contributed by atoms with E-state index in [4.69, 9.17) is 23.7 Å². The minimum absolute atomic E-state index is 0.137. The molecule has 0 radical (unpaired) electrons. The number of methoxy groups -OCH3 is 3. The SMILES string of the molecule is CCN(CC(=O)Nc1cc(OC)c(OC)c(OC)c1)Cc1ccc2c(c1)OCO2. The van der Waals surface area contributed by atoms with Crippen LogP contribution in [-0.4, -0.2) is 52.0 Å². The average molecular weight is 402 g/mol. The fourth-order valence-electron chi connectivity index (χ4n) is 3.13. The number of nitrogens with one attached hydrogen (secondary N) is 1. The highest BCUT2D eigenvalue weighted by Gasteiger charge is 2.17. The Morgan fingerprint density at radius 2 is 1.72 bits per heavy atom. The molecule has 3 rings (SSSR count). The van der Waals surface area contributed by atoms with Crippen LogP contribution in [0.2, 0.25) is 0 Å². The molecule has 156 valence electrons. The Labute approximate surface area is 170 Å². The molecule has 0 fully saturated rings. The highest BCUT2D eigenvalue weighted by Crippen LogP contribution is 2.40. The van der Waals surface area contributed by atoms with Crippen LogP contribution in [0.1, 0.15) is 12.5 Å². The van der Waals surface area contributed by atoms with E-state index in [1.54, 1.807) is 12.1 Å². The van der Waals surface area contributed by atoms with Gasteiger partial charge in [-0.15, -0.1) is 0 Å². The molecule has 0 unspecified atom stereocenters. The molecule has 29 heavy (non-hydrogen) atoms. The molecule has 2 aromatic rings. The Bertz CT molecular complexity index is 845. The molecule has 1 aliphatic heterocycles. The van der Waals surface area contributed by atoms with Gasteiger partial charge in [0.05, 0.1) is 27.9 Å². The van der Waals surface area contributed by atoms with E-state index in [0.29, 0.717) is 29.5 Å². The number of hydrogen-bond acceptors (Lipinski definition) is 7. The quantitative estimate of drug-likeness (QED) is 0.691. The van der Waals surface area contributed by atoms with E-state index in [1.165, 1.54) is 21.3 Å². The van der Waals surface area contributed by atoms with Crippen LogP contribution in [0.4, 0.5) is 5.69 Å². The fourth-order valence-corrected chi connectivity index (χ4v) is 3.13. The Balaban J connectivity index is 1.65. The third-order valence-electron chi connectivity index (χ3n) is 4.61. The van der Waals surface area contributed by atoms with Crippen molar-refractivity contribution in [1.82, 2.24) is 4.90 Å². The minimum atomic E-state index is -0.137. The first kappa shape index (κ1) is 20.6. The number of rotatable bonds is 9. The van der Waals surface area contributed by atoms with Crippen molar-refractivity contribution in [3.8, 4) is 28.7 Å². The summed E-state index contributed by atoms with van der Waals surface area (Å²) in [4.78, 5) is 14.6. The van der Waals surface area contributed by atoms with Crippen LogP contribution < -0.4 is 29.0 Å². The molecule has 1 N–H and O–H groups in total. The highest BCUT2D eigenvalue weighted by molar-refractivity contribution is 5.93. The Hall–Kier alpha value is -3.13. The summed E-state index contributed by atoms with van der Waals surface area (Å²) in [5, 5.41) is 2.89. The van der Waals surface area contributed by atoms with Crippen LogP contribution in [0, 0.1) is 0 Å². The molecule has 0 saturated carbocycles. The summed E-state index contributed by atoms with van der Waals surface area (Å²) in [7, 11) is 4.61. The zero-order valence-electron chi connectivity index (χ0n) is 17.1. The maximum absolute atomic E-state index is 12.6. The van der Waals surface area contributed by atoms with Crippen LogP contribution in [0.15, 0.2) is 30.3 Å². The maximum atomic E-state index is 12.6. The number of fused-ring (bicyclic) bond motifs is 1. The smallest absolute Gasteiger partial charge is 0.238 e. The van der Waals surface area contributed by atoms with E-state index in [9.17, 15) is 4.79 Å². The second-order valence-electron chi connectivity index (χ2n) is 6.45. The number of anilines is 1. The molecule has 1 aliphatic rings. The van der Waals surface area contributed by atoms with E-state index in [2.05, 4.69) is 5.32 Å². The molecule has 0 saturated heterocycles. The van der Waals surface area contributed by atoms with Gasteiger partial charge < -0.3 is 29.0 Å². The van der Waals surface area contributed by atoms with E-state index in [1.807, 2.05) is 30.0 Å². The number of amides is 1. The van der Waals surface area contributed by atoms with Gasteiger partial charge in [-0.1, -0.05) is 13.0 Å². The third kappa shape index (κ3) is 4.83. The van der Waals surface area contributed by atoms with E-state index in [-0.39, 0.29) is 19.2 Å². The largest absolute Gasteiger partial charge is 0.493 e. The Kier molecular flexibility index (Phi) is 6.66. The number of carbonyl (C=O) groups excluding carboxylic acids is 1. The molecule has 0 spiro atoms. The van der Waals surface area contributed by atoms with E-state index >= 15 is 0 Å². The first-order chi connectivity index (χ1) is 14.1. The molecule has 0 atom stereocenters. The molecule has 0 bridgehead atoms. The van der Waals surface area contributed by atoms with Crippen molar-refractivity contribution in [3.05, 3.63) is 35.9 Å². The van der Waals surface area contributed by atoms with Crippen LogP contribution in [0.5, 0.6) is 28.7 Å². The molecule has 8 heteroatoms. The monoisotopic (exact) mass is 402 g/mol. The van der Waals surface area contributed by atoms with Gasteiger partial charge in [-0.05, 0) is 24.2 Å². The van der Waals surface area contributed by atoms with Crippen molar-refractivity contribution in [1.29, 1.82) is 0 Å². The predicted octanol–water partition coefficient (Wildman–Crippen LogP) is 2.90. The number of benzene rings is 2. The summed E-state index contributed by atoms with van der Waals surface area (Å²) in [6.45, 7) is 3.84. The molecule has 0 aliphatic carbocycles. The molecule has 8 nitrogen and oxygen atoms in total. The molecular formula is C21H26N2O6. The second-order valence-corrected chi connectivity index (χ2v) is 6.45. The van der Waals surface area contributed by atoms with Crippen molar-refractivity contribution in [2.24, 2.45) is 0 Å². The van der Waals surface area contributed by atoms with Crippen LogP contribution in [0.25, 0.3) is 0 Å². The van der Waals surface area contributed by atoms with Gasteiger partial charge in [0.25, 0.3) is 0 Å². The van der Waals surface area contributed by atoms with Gasteiger partial charge in [-0.25, -0.2) is 0 Å². The topological polar surface area (TPSA) is 78.5 Å². The number of hydrogen-bond donors (Lipinski definition) is 1. The van der Waals surface area contributed by atoms with E-state index in [0.717, 1.165) is 23.6 Å². The summed E-state index contributed by atoms with van der Waals surface area (Å²) < 4.78 is 26.7. The second kappa shape index (κ2) is 9.38. The molecule has 1 amide bonds. The average Bonchev–Trinajstić information content (AvgIpc) is 3.20. The number of carbonyl (C=O) groups is 1. The minimum Gasteiger partial charge on any atom is -0.493 e. The lowest BCUT2D eigenvalue weighted by Crippen LogP contribution is -2.32. The number of likely N-dealkylation sites (N-methyl/N-ethyl adjacent to an activating group) is 1. The summed E-state index contributed by atoms with van der Waals surface area (Å²) in [5.41, 5.74) is 1.63. The number of ether oxygens (including phenoxy) is 5. The Morgan fingerprint density at radius 1 is 1.03 bits per heavy atom. The van der Waals surface area contributed by atoms with Gasteiger partial charge in [-0.2, -0.15) is 0 Å². The van der Waals surface area contributed by atoms with Crippen molar-refractivity contribution < 1.29 is 28.5 Å². The lowest BCUT2D eigenvalue weighted by molar-refractivity contribution is -0.117. The zero-order valence-corrected chi connectivity index (χ0v) is 17.1. The molecular weight excluding hydrogens is 376 g/mol.